The number of rotatable bonds is 5. The molecule has 0 saturated carbocycles. The lowest BCUT2D eigenvalue weighted by Crippen LogP contribution is -2.32. The van der Waals surface area contributed by atoms with Gasteiger partial charge < -0.3 is 10.1 Å². The fourth-order valence-corrected chi connectivity index (χ4v) is 2.10. The number of ether oxygens (including phenoxy) is 1. The normalized spacial score (nSPS) is 11.5. The summed E-state index contributed by atoms with van der Waals surface area (Å²) in [5.41, 5.74) is 1.13. The topological polar surface area (TPSA) is 55.4 Å². The van der Waals surface area contributed by atoms with Crippen LogP contribution in [0.4, 0.5) is 4.79 Å². The van der Waals surface area contributed by atoms with E-state index >= 15 is 0 Å². The van der Waals surface area contributed by atoms with E-state index in [-0.39, 0.29) is 0 Å². The zero-order chi connectivity index (χ0) is 14.3. The van der Waals surface area contributed by atoms with Crippen LogP contribution in [0.15, 0.2) is 16.8 Å². The highest BCUT2D eigenvalue weighted by molar-refractivity contribution is 7.08. The van der Waals surface area contributed by atoms with Crippen molar-refractivity contribution in [3.05, 3.63) is 28.0 Å². The maximum absolute atomic E-state index is 11.3. The molecule has 0 aliphatic rings. The molecule has 1 aromatic rings. The van der Waals surface area contributed by atoms with Gasteiger partial charge in [-0.05, 0) is 38.1 Å². The Labute approximate surface area is 117 Å². The lowest BCUT2D eigenvalue weighted by atomic mass is 10.2. The molecular weight excluding hydrogens is 262 g/mol. The van der Waals surface area contributed by atoms with Crippen LogP contribution in [-0.2, 0) is 4.74 Å². The van der Waals surface area contributed by atoms with Crippen LogP contribution in [0.2, 0.25) is 0 Å². The van der Waals surface area contributed by atoms with E-state index in [9.17, 15) is 9.59 Å². The van der Waals surface area contributed by atoms with Gasteiger partial charge in [-0.2, -0.15) is 11.3 Å². The van der Waals surface area contributed by atoms with Crippen molar-refractivity contribution >= 4 is 29.8 Å². The number of amides is 1. The first-order valence-corrected chi connectivity index (χ1v) is 7.01. The average Bonchev–Trinajstić information content (AvgIpc) is 2.73. The molecule has 0 atom stereocenters. The average molecular weight is 281 g/mol. The number of nitrogens with one attached hydrogen (secondary N) is 1. The van der Waals surface area contributed by atoms with E-state index in [1.807, 2.05) is 43.7 Å². The van der Waals surface area contributed by atoms with Crippen molar-refractivity contribution in [2.45, 2.75) is 32.8 Å². The Morgan fingerprint density at radius 3 is 2.68 bits per heavy atom. The second-order valence-electron chi connectivity index (χ2n) is 5.02. The molecule has 104 valence electrons. The van der Waals surface area contributed by atoms with Crippen LogP contribution >= 0.6 is 11.3 Å². The van der Waals surface area contributed by atoms with Crippen molar-refractivity contribution < 1.29 is 14.3 Å². The highest BCUT2D eigenvalue weighted by atomic mass is 32.1. The molecule has 1 heterocycles. The number of aldehydes is 1. The van der Waals surface area contributed by atoms with Gasteiger partial charge in [0, 0.05) is 17.5 Å². The zero-order valence-corrected chi connectivity index (χ0v) is 12.3. The van der Waals surface area contributed by atoms with E-state index in [0.717, 1.165) is 11.8 Å². The molecule has 0 bridgehead atoms. The highest BCUT2D eigenvalue weighted by Gasteiger charge is 2.15. The summed E-state index contributed by atoms with van der Waals surface area (Å²) in [5.74, 6) is 0. The van der Waals surface area contributed by atoms with Crippen molar-refractivity contribution in [3.63, 3.8) is 0 Å². The second-order valence-corrected chi connectivity index (χ2v) is 5.76. The van der Waals surface area contributed by atoms with E-state index in [1.54, 1.807) is 0 Å². The van der Waals surface area contributed by atoms with Gasteiger partial charge in [0.2, 0.25) is 0 Å². The maximum Gasteiger partial charge on any atom is 0.407 e. The van der Waals surface area contributed by atoms with Crippen LogP contribution in [-0.4, -0.2) is 24.5 Å². The first-order valence-electron chi connectivity index (χ1n) is 6.07. The summed E-state index contributed by atoms with van der Waals surface area (Å²) in [5, 5.41) is 6.40. The largest absolute Gasteiger partial charge is 0.444 e. The SMILES string of the molecule is CC(C)(C)OC(=O)NCCC=Cc1cscc1C=O. The minimum Gasteiger partial charge on any atom is -0.444 e. The lowest BCUT2D eigenvalue weighted by molar-refractivity contribution is 0.0528. The van der Waals surface area contributed by atoms with Crippen LogP contribution in [0.1, 0.15) is 43.1 Å². The Bertz CT molecular complexity index is 458. The molecule has 1 rings (SSSR count). The van der Waals surface area contributed by atoms with Crippen molar-refractivity contribution in [3.8, 4) is 0 Å². The number of alkyl carbamates (subject to hydrolysis) is 1. The summed E-state index contributed by atoms with van der Waals surface area (Å²) in [6.07, 6.45) is 4.93. The van der Waals surface area contributed by atoms with Crippen LogP contribution < -0.4 is 5.32 Å². The molecule has 0 saturated heterocycles. The monoisotopic (exact) mass is 281 g/mol. The fourth-order valence-electron chi connectivity index (χ4n) is 1.33. The van der Waals surface area contributed by atoms with E-state index in [1.165, 1.54) is 11.3 Å². The first kappa shape index (κ1) is 15.4. The maximum atomic E-state index is 11.3. The van der Waals surface area contributed by atoms with Crippen molar-refractivity contribution in [1.82, 2.24) is 5.32 Å². The molecule has 19 heavy (non-hydrogen) atoms. The summed E-state index contributed by atoms with van der Waals surface area (Å²) >= 11 is 1.49. The Morgan fingerprint density at radius 1 is 1.37 bits per heavy atom. The third kappa shape index (κ3) is 6.20. The summed E-state index contributed by atoms with van der Waals surface area (Å²) < 4.78 is 5.11. The Balaban J connectivity index is 2.28. The Hall–Kier alpha value is -1.62. The predicted octanol–water partition coefficient (Wildman–Crippen LogP) is 3.49. The minimum atomic E-state index is -0.477. The van der Waals surface area contributed by atoms with Gasteiger partial charge in [0.15, 0.2) is 6.29 Å². The molecule has 1 N–H and O–H groups in total. The molecule has 0 fully saturated rings. The minimum absolute atomic E-state index is 0.412. The number of thiophene rings is 1. The van der Waals surface area contributed by atoms with Gasteiger partial charge in [-0.25, -0.2) is 4.79 Å². The third-order valence-electron chi connectivity index (χ3n) is 2.13. The highest BCUT2D eigenvalue weighted by Crippen LogP contribution is 2.14. The molecule has 1 amide bonds. The van der Waals surface area contributed by atoms with Gasteiger partial charge in [0.25, 0.3) is 0 Å². The molecule has 0 aliphatic heterocycles. The standard InChI is InChI=1S/C14H19NO3S/c1-14(2,3)18-13(17)15-7-5-4-6-11-9-19-10-12(11)8-16/h4,6,8-10H,5,7H2,1-3H3,(H,15,17). The van der Waals surface area contributed by atoms with Gasteiger partial charge in [-0.1, -0.05) is 12.2 Å². The Kier molecular flexibility index (Phi) is 5.76. The van der Waals surface area contributed by atoms with Crippen LogP contribution in [0.3, 0.4) is 0 Å². The number of carbonyl (C=O) groups excluding carboxylic acids is 2. The number of carbonyl (C=O) groups is 2. The molecule has 0 aliphatic carbocycles. The molecule has 0 aromatic carbocycles. The smallest absolute Gasteiger partial charge is 0.407 e. The zero-order valence-electron chi connectivity index (χ0n) is 11.4. The van der Waals surface area contributed by atoms with Crippen molar-refractivity contribution in [2.24, 2.45) is 0 Å². The molecule has 1 aromatic heterocycles. The quantitative estimate of drug-likeness (QED) is 0.664. The fraction of sp³-hybridized carbons (Fsp3) is 0.429. The van der Waals surface area contributed by atoms with Gasteiger partial charge in [-0.15, -0.1) is 0 Å². The molecule has 5 heteroatoms. The Morgan fingerprint density at radius 2 is 2.05 bits per heavy atom. The van der Waals surface area contributed by atoms with E-state index in [4.69, 9.17) is 4.74 Å². The van der Waals surface area contributed by atoms with Crippen LogP contribution in [0, 0.1) is 0 Å². The first-order chi connectivity index (χ1) is 8.92. The summed E-state index contributed by atoms with van der Waals surface area (Å²) in [4.78, 5) is 22.0. The number of hydrogen-bond donors (Lipinski definition) is 1. The van der Waals surface area contributed by atoms with Gasteiger partial charge in [0.1, 0.15) is 5.60 Å². The van der Waals surface area contributed by atoms with Crippen LogP contribution in [0.25, 0.3) is 6.08 Å². The number of hydrogen-bond acceptors (Lipinski definition) is 4. The van der Waals surface area contributed by atoms with Crippen molar-refractivity contribution in [1.29, 1.82) is 0 Å². The second kappa shape index (κ2) is 7.09. The van der Waals surface area contributed by atoms with Crippen LogP contribution in [0.5, 0.6) is 0 Å². The molecular formula is C14H19NO3S. The summed E-state index contributed by atoms with van der Waals surface area (Å²) in [6.45, 7) is 5.98. The van der Waals surface area contributed by atoms with Gasteiger partial charge in [0.05, 0.1) is 0 Å². The molecule has 0 radical (unpaired) electrons. The molecule has 0 spiro atoms. The van der Waals surface area contributed by atoms with Crippen molar-refractivity contribution in [2.75, 3.05) is 6.54 Å². The third-order valence-corrected chi connectivity index (χ3v) is 2.91. The lowest BCUT2D eigenvalue weighted by Gasteiger charge is -2.19. The molecule has 4 nitrogen and oxygen atoms in total. The molecule has 0 unspecified atom stereocenters. The van der Waals surface area contributed by atoms with Gasteiger partial charge >= 0.3 is 6.09 Å². The summed E-state index contributed by atoms with van der Waals surface area (Å²) in [6, 6.07) is 0. The van der Waals surface area contributed by atoms with Gasteiger partial charge in [-0.3, -0.25) is 4.79 Å². The van der Waals surface area contributed by atoms with E-state index in [0.29, 0.717) is 18.5 Å². The summed E-state index contributed by atoms with van der Waals surface area (Å²) in [7, 11) is 0. The van der Waals surface area contributed by atoms with E-state index in [2.05, 4.69) is 5.32 Å². The van der Waals surface area contributed by atoms with E-state index < -0.39 is 11.7 Å². The predicted molar refractivity (Wildman–Crippen MR) is 77.6 cm³/mol.